The topological polar surface area (TPSA) is 65.1 Å². The Labute approximate surface area is 193 Å². The lowest BCUT2D eigenvalue weighted by Crippen LogP contribution is -2.56. The molecule has 6 nitrogen and oxygen atoms in total. The highest BCUT2D eigenvalue weighted by Crippen LogP contribution is 2.34. The molecule has 0 rings (SSSR count). The summed E-state index contributed by atoms with van der Waals surface area (Å²) in [5.41, 5.74) is -2.13. The van der Waals surface area contributed by atoms with Gasteiger partial charge in [0.1, 0.15) is 11.1 Å². The van der Waals surface area contributed by atoms with Crippen LogP contribution >= 0.6 is 9.24 Å². The van der Waals surface area contributed by atoms with Crippen LogP contribution in [-0.4, -0.2) is 60.0 Å². The lowest BCUT2D eigenvalue weighted by Gasteiger charge is -2.40. The van der Waals surface area contributed by atoms with Crippen LogP contribution in [0.15, 0.2) is 12.7 Å². The molecule has 0 saturated carbocycles. The fourth-order valence-corrected chi connectivity index (χ4v) is 2.87. The van der Waals surface area contributed by atoms with E-state index in [1.807, 2.05) is 7.48 Å². The molecule has 0 aliphatic rings. The second-order valence-corrected chi connectivity index (χ2v) is 11.5. The van der Waals surface area contributed by atoms with Crippen molar-refractivity contribution in [2.24, 2.45) is 0 Å². The quantitative estimate of drug-likeness (QED) is 0.122. The van der Waals surface area contributed by atoms with E-state index in [1.54, 1.807) is 40.8 Å². The molecule has 0 aromatic rings. The first kappa shape index (κ1) is 29.9. The number of carbonyl (C=O) groups is 2. The zero-order valence-electron chi connectivity index (χ0n) is 21.2. The molecular formula is C23H44BNO5P. The Balaban J connectivity index is 5.22. The van der Waals surface area contributed by atoms with Gasteiger partial charge in [-0.1, -0.05) is 39.1 Å². The van der Waals surface area contributed by atoms with Crippen LogP contribution in [0.3, 0.4) is 0 Å². The van der Waals surface area contributed by atoms with Gasteiger partial charge in [-0.25, -0.2) is 9.59 Å². The standard InChI is InChI=1S/C23H44BNO5P/c1-11-15-23(18(26)28-12-2,25(10)19(27)29-20(3,4)5)16-13-14-17-24-30-21(6,7)22(8,9)31/h11H,1,12-17,31H2,2-10H3. The van der Waals surface area contributed by atoms with E-state index in [9.17, 15) is 9.59 Å². The van der Waals surface area contributed by atoms with Gasteiger partial charge in [-0.3, -0.25) is 4.90 Å². The summed E-state index contributed by atoms with van der Waals surface area (Å²) >= 11 is 0. The van der Waals surface area contributed by atoms with Crippen molar-refractivity contribution in [3.05, 3.63) is 12.7 Å². The van der Waals surface area contributed by atoms with E-state index in [1.165, 1.54) is 4.90 Å². The molecular weight excluding hydrogens is 412 g/mol. The molecule has 0 N–H and O–H groups in total. The monoisotopic (exact) mass is 456 g/mol. The van der Waals surface area contributed by atoms with Crippen molar-refractivity contribution < 1.29 is 23.7 Å². The third-order valence-corrected chi connectivity index (χ3v) is 6.23. The summed E-state index contributed by atoms with van der Waals surface area (Å²) in [5.74, 6) is -0.436. The van der Waals surface area contributed by atoms with Crippen LogP contribution in [-0.2, 0) is 18.9 Å². The van der Waals surface area contributed by atoms with E-state index in [4.69, 9.17) is 14.1 Å². The number of rotatable bonds is 13. The summed E-state index contributed by atoms with van der Waals surface area (Å²) in [6.45, 7) is 19.5. The minimum absolute atomic E-state index is 0.0668. The van der Waals surface area contributed by atoms with Gasteiger partial charge >= 0.3 is 12.1 Å². The molecule has 0 fully saturated rings. The van der Waals surface area contributed by atoms with Gasteiger partial charge in [0.25, 0.3) is 7.48 Å². The average molecular weight is 456 g/mol. The molecule has 0 aliphatic carbocycles. The molecule has 1 amide bonds. The number of unbranched alkanes of at least 4 members (excludes halogenated alkanes) is 1. The van der Waals surface area contributed by atoms with Crippen LogP contribution in [0.2, 0.25) is 6.32 Å². The number of esters is 1. The van der Waals surface area contributed by atoms with E-state index in [-0.39, 0.29) is 23.8 Å². The van der Waals surface area contributed by atoms with E-state index in [2.05, 4.69) is 43.5 Å². The Morgan fingerprint density at radius 1 is 1.10 bits per heavy atom. The Morgan fingerprint density at radius 3 is 2.13 bits per heavy atom. The van der Waals surface area contributed by atoms with Gasteiger partial charge in [0.2, 0.25) is 0 Å². The van der Waals surface area contributed by atoms with Crippen LogP contribution in [0.25, 0.3) is 0 Å². The summed E-state index contributed by atoms with van der Waals surface area (Å²) < 4.78 is 16.8. The fourth-order valence-electron chi connectivity index (χ4n) is 2.80. The SMILES string of the molecule is C=CCC(CCCC[B]OC(C)(C)C(C)(C)P)(C(=O)OCC)N(C)C(=O)OC(C)(C)C. The number of ether oxygens (including phenoxy) is 2. The molecule has 0 saturated heterocycles. The maximum absolute atomic E-state index is 13.0. The van der Waals surface area contributed by atoms with Gasteiger partial charge in [0.05, 0.1) is 12.2 Å². The van der Waals surface area contributed by atoms with Crippen molar-refractivity contribution in [3.63, 3.8) is 0 Å². The maximum atomic E-state index is 13.0. The molecule has 0 aromatic carbocycles. The number of carbonyl (C=O) groups excluding carboxylic acids is 2. The third-order valence-electron chi connectivity index (χ3n) is 5.54. The first-order valence-electron chi connectivity index (χ1n) is 11.1. The molecule has 179 valence electrons. The van der Waals surface area contributed by atoms with Gasteiger partial charge in [0, 0.05) is 12.2 Å². The highest BCUT2D eigenvalue weighted by Gasteiger charge is 2.46. The summed E-state index contributed by atoms with van der Waals surface area (Å²) in [7, 11) is 6.24. The normalized spacial score (nSPS) is 14.4. The second-order valence-electron chi connectivity index (χ2n) is 10.0. The Morgan fingerprint density at radius 2 is 1.68 bits per heavy atom. The number of likely N-dealkylation sites (N-methyl/N-ethyl adjacent to an activating group) is 1. The summed E-state index contributed by atoms with van der Waals surface area (Å²) in [6, 6.07) is 0. The molecule has 0 heterocycles. The van der Waals surface area contributed by atoms with E-state index < -0.39 is 23.2 Å². The maximum Gasteiger partial charge on any atom is 0.410 e. The van der Waals surface area contributed by atoms with Crippen molar-refractivity contribution in [1.29, 1.82) is 0 Å². The fraction of sp³-hybridized carbons (Fsp3) is 0.826. The van der Waals surface area contributed by atoms with Crippen molar-refractivity contribution in [2.75, 3.05) is 13.7 Å². The van der Waals surface area contributed by atoms with E-state index in [0.717, 1.165) is 12.7 Å². The first-order valence-corrected chi connectivity index (χ1v) is 11.6. The molecule has 31 heavy (non-hydrogen) atoms. The van der Waals surface area contributed by atoms with Crippen LogP contribution in [0.5, 0.6) is 0 Å². The average Bonchev–Trinajstić information content (AvgIpc) is 2.60. The van der Waals surface area contributed by atoms with Crippen LogP contribution in [0, 0.1) is 0 Å². The molecule has 2 atom stereocenters. The molecule has 2 unspecified atom stereocenters. The van der Waals surface area contributed by atoms with Crippen LogP contribution < -0.4 is 0 Å². The second kappa shape index (κ2) is 12.2. The van der Waals surface area contributed by atoms with Gasteiger partial charge in [0.15, 0.2) is 0 Å². The lowest BCUT2D eigenvalue weighted by atomic mass is 9.83. The third kappa shape index (κ3) is 9.53. The highest BCUT2D eigenvalue weighted by molar-refractivity contribution is 7.19. The zero-order chi connectivity index (χ0) is 24.5. The smallest absolute Gasteiger partial charge is 0.410 e. The van der Waals surface area contributed by atoms with Gasteiger partial charge in [-0.05, 0) is 54.4 Å². The van der Waals surface area contributed by atoms with Crippen LogP contribution in [0.4, 0.5) is 4.79 Å². The number of hydrogen-bond acceptors (Lipinski definition) is 5. The molecule has 0 aromatic heterocycles. The van der Waals surface area contributed by atoms with Crippen molar-refractivity contribution in [2.45, 2.75) is 109 Å². The highest BCUT2D eigenvalue weighted by atomic mass is 31.0. The molecule has 0 aliphatic heterocycles. The van der Waals surface area contributed by atoms with Gasteiger partial charge in [-0.2, -0.15) is 0 Å². The zero-order valence-corrected chi connectivity index (χ0v) is 22.3. The predicted molar refractivity (Wildman–Crippen MR) is 132 cm³/mol. The number of nitrogens with zero attached hydrogens (tertiary/aromatic N) is 1. The Hall–Kier alpha value is -1.07. The van der Waals surface area contributed by atoms with E-state index >= 15 is 0 Å². The minimum atomic E-state index is -1.15. The van der Waals surface area contributed by atoms with Gasteiger partial charge in [-0.15, -0.1) is 15.8 Å². The minimum Gasteiger partial charge on any atom is -0.464 e. The van der Waals surface area contributed by atoms with Gasteiger partial charge < -0.3 is 14.1 Å². The molecule has 1 radical (unpaired) electrons. The Kier molecular flexibility index (Phi) is 11.8. The van der Waals surface area contributed by atoms with Crippen molar-refractivity contribution in [1.82, 2.24) is 4.90 Å². The van der Waals surface area contributed by atoms with Crippen molar-refractivity contribution >= 4 is 28.8 Å². The summed E-state index contributed by atoms with van der Waals surface area (Å²) in [4.78, 5) is 27.1. The van der Waals surface area contributed by atoms with Crippen molar-refractivity contribution in [3.8, 4) is 0 Å². The summed E-state index contributed by atoms with van der Waals surface area (Å²) in [5, 5.41) is -0.0668. The van der Waals surface area contributed by atoms with E-state index in [0.29, 0.717) is 12.8 Å². The predicted octanol–water partition coefficient (Wildman–Crippen LogP) is 5.39. The largest absolute Gasteiger partial charge is 0.464 e. The first-order chi connectivity index (χ1) is 14.0. The Bertz CT molecular complexity index is 598. The number of hydrogen-bond donors (Lipinski definition) is 0. The molecule has 8 heteroatoms. The van der Waals surface area contributed by atoms with Crippen LogP contribution in [0.1, 0.15) is 81.1 Å². The molecule has 0 spiro atoms. The molecule has 0 bridgehead atoms. The lowest BCUT2D eigenvalue weighted by molar-refractivity contribution is -0.157. The summed E-state index contributed by atoms with van der Waals surface area (Å²) in [6.07, 6.45) is 4.10. The number of amides is 1.